The van der Waals surface area contributed by atoms with Crippen LogP contribution in [0, 0.1) is 0 Å². The van der Waals surface area contributed by atoms with Crippen LogP contribution in [-0.2, 0) is 6.42 Å². The first-order valence-electron chi connectivity index (χ1n) is 6.80. The van der Waals surface area contributed by atoms with E-state index in [0.717, 1.165) is 23.3 Å². The Balaban J connectivity index is 1.97. The Hall–Kier alpha value is -1.22. The molecular weight excluding hydrogens is 307 g/mol. The van der Waals surface area contributed by atoms with Crippen molar-refractivity contribution in [2.24, 2.45) is 0 Å². The maximum atomic E-state index is 10.6. The van der Waals surface area contributed by atoms with Crippen LogP contribution in [0.25, 0.3) is 0 Å². The number of ether oxygens (including phenoxy) is 1. The van der Waals surface area contributed by atoms with Gasteiger partial charge in [-0.15, -0.1) is 0 Å². The molecule has 0 spiro atoms. The highest BCUT2D eigenvalue weighted by Crippen LogP contribution is 2.38. The van der Waals surface area contributed by atoms with Crippen LogP contribution >= 0.6 is 23.2 Å². The summed E-state index contributed by atoms with van der Waals surface area (Å²) < 4.78 is 5.85. The van der Waals surface area contributed by atoms with E-state index in [2.05, 4.69) is 13.8 Å². The maximum Gasteiger partial charge on any atom is 0.123 e. The van der Waals surface area contributed by atoms with Crippen LogP contribution in [0.4, 0.5) is 0 Å². The summed E-state index contributed by atoms with van der Waals surface area (Å²) in [6.07, 6.45) is 0.0248. The van der Waals surface area contributed by atoms with Crippen molar-refractivity contribution < 1.29 is 9.84 Å². The number of hydrogen-bond acceptors (Lipinski definition) is 2. The standard InChI is InChI=1S/C17H16Cl2O2/c1-17(2)9-11-7-10(3-6-15(11)21-17)16(20)13-8-12(18)4-5-14(13)19/h3-8,16,20H,9H2,1-2H3. The van der Waals surface area contributed by atoms with E-state index >= 15 is 0 Å². The number of aliphatic hydroxyl groups is 1. The molecule has 1 aliphatic rings. The van der Waals surface area contributed by atoms with Crippen molar-refractivity contribution in [1.29, 1.82) is 0 Å². The second-order valence-electron chi connectivity index (χ2n) is 5.97. The van der Waals surface area contributed by atoms with Crippen molar-refractivity contribution in [2.75, 3.05) is 0 Å². The molecule has 21 heavy (non-hydrogen) atoms. The molecule has 1 atom stereocenters. The van der Waals surface area contributed by atoms with Crippen molar-refractivity contribution in [3.8, 4) is 5.75 Å². The molecule has 0 bridgehead atoms. The summed E-state index contributed by atoms with van der Waals surface area (Å²) in [5, 5.41) is 11.6. The number of rotatable bonds is 2. The third-order valence-electron chi connectivity index (χ3n) is 3.66. The summed E-state index contributed by atoms with van der Waals surface area (Å²) >= 11 is 12.2. The molecule has 0 fully saturated rings. The van der Waals surface area contributed by atoms with Gasteiger partial charge in [0.2, 0.25) is 0 Å². The molecular formula is C17H16Cl2O2. The van der Waals surface area contributed by atoms with Gasteiger partial charge in [0.1, 0.15) is 17.5 Å². The van der Waals surface area contributed by atoms with Gasteiger partial charge in [0.15, 0.2) is 0 Å². The van der Waals surface area contributed by atoms with E-state index in [1.165, 1.54) is 0 Å². The highest BCUT2D eigenvalue weighted by atomic mass is 35.5. The third-order valence-corrected chi connectivity index (χ3v) is 4.23. The minimum absolute atomic E-state index is 0.195. The van der Waals surface area contributed by atoms with Crippen molar-refractivity contribution in [3.63, 3.8) is 0 Å². The van der Waals surface area contributed by atoms with Crippen LogP contribution in [0.2, 0.25) is 10.0 Å². The zero-order valence-electron chi connectivity index (χ0n) is 11.9. The average Bonchev–Trinajstić information content (AvgIpc) is 2.73. The molecule has 0 saturated carbocycles. The fraction of sp³-hybridized carbons (Fsp3) is 0.294. The van der Waals surface area contributed by atoms with E-state index in [-0.39, 0.29) is 5.60 Å². The highest BCUT2D eigenvalue weighted by molar-refractivity contribution is 6.33. The van der Waals surface area contributed by atoms with Crippen molar-refractivity contribution >= 4 is 23.2 Å². The SMILES string of the molecule is CC1(C)Cc2cc(C(O)c3cc(Cl)ccc3Cl)ccc2O1. The van der Waals surface area contributed by atoms with Gasteiger partial charge in [-0.2, -0.15) is 0 Å². The predicted molar refractivity (Wildman–Crippen MR) is 85.4 cm³/mol. The van der Waals surface area contributed by atoms with Crippen molar-refractivity contribution in [1.82, 2.24) is 0 Å². The number of aliphatic hydroxyl groups excluding tert-OH is 1. The Bertz CT molecular complexity index is 695. The van der Waals surface area contributed by atoms with Crippen LogP contribution in [0.1, 0.15) is 36.6 Å². The second-order valence-corrected chi connectivity index (χ2v) is 6.82. The maximum absolute atomic E-state index is 10.6. The number of benzene rings is 2. The Morgan fingerprint density at radius 2 is 1.90 bits per heavy atom. The molecule has 1 unspecified atom stereocenters. The molecule has 1 N–H and O–H groups in total. The monoisotopic (exact) mass is 322 g/mol. The first-order valence-corrected chi connectivity index (χ1v) is 7.56. The summed E-state index contributed by atoms with van der Waals surface area (Å²) in [4.78, 5) is 0. The minimum Gasteiger partial charge on any atom is -0.487 e. The van der Waals surface area contributed by atoms with E-state index in [0.29, 0.717) is 15.6 Å². The van der Waals surface area contributed by atoms with Gasteiger partial charge in [-0.05, 0) is 55.3 Å². The van der Waals surface area contributed by atoms with Crippen LogP contribution < -0.4 is 4.74 Å². The topological polar surface area (TPSA) is 29.5 Å². The van der Waals surface area contributed by atoms with E-state index in [9.17, 15) is 5.11 Å². The van der Waals surface area contributed by atoms with Crippen LogP contribution in [0.15, 0.2) is 36.4 Å². The molecule has 110 valence electrons. The van der Waals surface area contributed by atoms with Gasteiger partial charge in [0.25, 0.3) is 0 Å². The number of halogens is 2. The Morgan fingerprint density at radius 3 is 2.67 bits per heavy atom. The zero-order valence-corrected chi connectivity index (χ0v) is 13.4. The summed E-state index contributed by atoms with van der Waals surface area (Å²) in [5.41, 5.74) is 2.32. The molecule has 3 rings (SSSR count). The lowest BCUT2D eigenvalue weighted by atomic mass is 9.96. The fourth-order valence-electron chi connectivity index (χ4n) is 2.70. The summed E-state index contributed by atoms with van der Waals surface area (Å²) in [6, 6.07) is 10.8. The first kappa shape index (κ1) is 14.7. The van der Waals surface area contributed by atoms with E-state index in [1.807, 2.05) is 18.2 Å². The number of fused-ring (bicyclic) bond motifs is 1. The molecule has 0 aliphatic carbocycles. The van der Waals surface area contributed by atoms with Crippen LogP contribution in [-0.4, -0.2) is 10.7 Å². The largest absolute Gasteiger partial charge is 0.487 e. The van der Waals surface area contributed by atoms with Crippen molar-refractivity contribution in [2.45, 2.75) is 32.0 Å². The number of hydrogen-bond donors (Lipinski definition) is 1. The van der Waals surface area contributed by atoms with Gasteiger partial charge in [-0.1, -0.05) is 29.3 Å². The average molecular weight is 323 g/mol. The lowest BCUT2D eigenvalue weighted by molar-refractivity contribution is 0.138. The molecule has 0 saturated heterocycles. The van der Waals surface area contributed by atoms with Gasteiger partial charge >= 0.3 is 0 Å². The second kappa shape index (κ2) is 5.20. The summed E-state index contributed by atoms with van der Waals surface area (Å²) in [7, 11) is 0. The Morgan fingerprint density at radius 1 is 1.14 bits per heavy atom. The van der Waals surface area contributed by atoms with Gasteiger partial charge in [0, 0.05) is 22.0 Å². The molecule has 2 aromatic carbocycles. The molecule has 1 heterocycles. The molecule has 0 aromatic heterocycles. The quantitative estimate of drug-likeness (QED) is 0.861. The first-order chi connectivity index (χ1) is 9.85. The minimum atomic E-state index is -0.801. The molecule has 4 heteroatoms. The molecule has 2 nitrogen and oxygen atoms in total. The summed E-state index contributed by atoms with van der Waals surface area (Å²) in [5.74, 6) is 0.883. The zero-order chi connectivity index (χ0) is 15.2. The predicted octanol–water partition coefficient (Wildman–Crippen LogP) is 4.79. The van der Waals surface area contributed by atoms with Crippen molar-refractivity contribution in [3.05, 3.63) is 63.1 Å². The molecule has 0 amide bonds. The van der Waals surface area contributed by atoms with Gasteiger partial charge < -0.3 is 9.84 Å². The summed E-state index contributed by atoms with van der Waals surface area (Å²) in [6.45, 7) is 4.11. The Kier molecular flexibility index (Phi) is 3.64. The van der Waals surface area contributed by atoms with Crippen LogP contribution in [0.3, 0.4) is 0 Å². The fourth-order valence-corrected chi connectivity index (χ4v) is 3.10. The van der Waals surface area contributed by atoms with Crippen LogP contribution in [0.5, 0.6) is 5.75 Å². The van der Waals surface area contributed by atoms with Gasteiger partial charge in [0.05, 0.1) is 0 Å². The normalized spacial score (nSPS) is 17.2. The Labute approximate surface area is 134 Å². The molecule has 1 aliphatic heterocycles. The smallest absolute Gasteiger partial charge is 0.123 e. The van der Waals surface area contributed by atoms with Gasteiger partial charge in [-0.25, -0.2) is 0 Å². The molecule has 0 radical (unpaired) electrons. The third kappa shape index (κ3) is 2.89. The van der Waals surface area contributed by atoms with Gasteiger partial charge in [-0.3, -0.25) is 0 Å². The van der Waals surface area contributed by atoms with E-state index in [1.54, 1.807) is 18.2 Å². The highest BCUT2D eigenvalue weighted by Gasteiger charge is 2.30. The van der Waals surface area contributed by atoms with E-state index < -0.39 is 6.10 Å². The lowest BCUT2D eigenvalue weighted by Gasteiger charge is -2.16. The van der Waals surface area contributed by atoms with E-state index in [4.69, 9.17) is 27.9 Å². The molecule has 2 aromatic rings. The lowest BCUT2D eigenvalue weighted by Crippen LogP contribution is -2.24.